The average molecular weight is 246 g/mol. The van der Waals surface area contributed by atoms with E-state index in [-0.39, 0.29) is 19.4 Å². The Morgan fingerprint density at radius 1 is 1.24 bits per heavy atom. The number of urea groups is 1. The first-order valence-corrected chi connectivity index (χ1v) is 5.11. The number of methoxy groups -OCH3 is 1. The molecule has 0 fully saturated rings. The van der Waals surface area contributed by atoms with Crippen molar-refractivity contribution in [2.24, 2.45) is 0 Å². The van der Waals surface area contributed by atoms with Crippen molar-refractivity contribution in [3.63, 3.8) is 0 Å². The Balaban J connectivity index is 3.86. The monoisotopic (exact) mass is 246 g/mol. The lowest BCUT2D eigenvalue weighted by Crippen LogP contribution is -2.46. The molecule has 0 saturated heterocycles. The van der Waals surface area contributed by atoms with Crippen molar-refractivity contribution in [2.45, 2.75) is 32.3 Å². The summed E-state index contributed by atoms with van der Waals surface area (Å²) in [4.78, 5) is 32.5. The molecule has 0 aromatic carbocycles. The number of imide groups is 1. The van der Waals surface area contributed by atoms with Crippen LogP contribution in [0, 0.1) is 0 Å². The van der Waals surface area contributed by atoms with Gasteiger partial charge in [-0.2, -0.15) is 0 Å². The number of ether oxygens (including phenoxy) is 1. The fraction of sp³-hybridized carbons (Fsp3) is 0.700. The molecule has 3 N–H and O–H groups in total. The number of hydrogen-bond acceptors (Lipinski definition) is 4. The van der Waals surface area contributed by atoms with E-state index in [1.165, 1.54) is 7.11 Å². The highest BCUT2D eigenvalue weighted by atomic mass is 16.5. The van der Waals surface area contributed by atoms with Crippen molar-refractivity contribution >= 4 is 17.9 Å². The number of carboxylic acid groups (broad SMARTS) is 1. The molecule has 0 aliphatic rings. The molecule has 0 rings (SSSR count). The van der Waals surface area contributed by atoms with Gasteiger partial charge in [0.1, 0.15) is 0 Å². The number of aliphatic carboxylic acids is 1. The standard InChI is InChI=1S/C10H18N2O5/c1-10(2,17-3)6-11-9(16)12-7(13)4-5-8(14)15/h4-6H2,1-3H3,(H,14,15)(H2,11,12,13,16). The molecule has 0 aliphatic carbocycles. The molecule has 3 amide bonds. The van der Waals surface area contributed by atoms with Gasteiger partial charge in [0.05, 0.1) is 12.0 Å². The average Bonchev–Trinajstić information content (AvgIpc) is 2.24. The molecule has 98 valence electrons. The van der Waals surface area contributed by atoms with Crippen LogP contribution in [0.3, 0.4) is 0 Å². The van der Waals surface area contributed by atoms with Crippen LogP contribution in [-0.2, 0) is 14.3 Å². The third-order valence-electron chi connectivity index (χ3n) is 2.05. The number of carbonyl (C=O) groups is 3. The predicted molar refractivity (Wildman–Crippen MR) is 59.5 cm³/mol. The molecule has 0 aromatic rings. The number of carbonyl (C=O) groups excluding carboxylic acids is 2. The zero-order valence-electron chi connectivity index (χ0n) is 10.2. The van der Waals surface area contributed by atoms with E-state index < -0.39 is 23.5 Å². The molecule has 0 aliphatic heterocycles. The van der Waals surface area contributed by atoms with Crippen LogP contribution in [-0.4, -0.2) is 42.3 Å². The van der Waals surface area contributed by atoms with Crippen molar-refractivity contribution in [3.05, 3.63) is 0 Å². The molecule has 0 unspecified atom stereocenters. The smallest absolute Gasteiger partial charge is 0.321 e. The van der Waals surface area contributed by atoms with Crippen LogP contribution < -0.4 is 10.6 Å². The SMILES string of the molecule is COC(C)(C)CNC(=O)NC(=O)CCC(=O)O. The van der Waals surface area contributed by atoms with Crippen molar-refractivity contribution < 1.29 is 24.2 Å². The van der Waals surface area contributed by atoms with E-state index in [0.29, 0.717) is 0 Å². The second-order valence-electron chi connectivity index (χ2n) is 4.09. The number of nitrogens with one attached hydrogen (secondary N) is 2. The van der Waals surface area contributed by atoms with Crippen molar-refractivity contribution in [1.82, 2.24) is 10.6 Å². The van der Waals surface area contributed by atoms with E-state index in [1.54, 1.807) is 13.8 Å². The summed E-state index contributed by atoms with van der Waals surface area (Å²) in [6.07, 6.45) is -0.529. The molecule has 0 saturated carbocycles. The van der Waals surface area contributed by atoms with Gasteiger partial charge in [-0.1, -0.05) is 0 Å². The Morgan fingerprint density at radius 2 is 1.82 bits per heavy atom. The summed E-state index contributed by atoms with van der Waals surface area (Å²) in [6.45, 7) is 3.79. The van der Waals surface area contributed by atoms with Crippen LogP contribution in [0.4, 0.5) is 4.79 Å². The van der Waals surface area contributed by atoms with Crippen molar-refractivity contribution in [1.29, 1.82) is 0 Å². The largest absolute Gasteiger partial charge is 0.481 e. The summed E-state index contributed by atoms with van der Waals surface area (Å²) < 4.78 is 5.07. The molecular weight excluding hydrogens is 228 g/mol. The van der Waals surface area contributed by atoms with Gasteiger partial charge < -0.3 is 15.2 Å². The zero-order valence-corrected chi connectivity index (χ0v) is 10.2. The number of rotatable bonds is 6. The van der Waals surface area contributed by atoms with E-state index in [2.05, 4.69) is 5.32 Å². The van der Waals surface area contributed by atoms with E-state index >= 15 is 0 Å². The third kappa shape index (κ3) is 8.21. The van der Waals surface area contributed by atoms with Crippen LogP contribution in [0.2, 0.25) is 0 Å². The van der Waals surface area contributed by atoms with Gasteiger partial charge >= 0.3 is 12.0 Å². The third-order valence-corrected chi connectivity index (χ3v) is 2.05. The lowest BCUT2D eigenvalue weighted by atomic mass is 10.1. The van der Waals surface area contributed by atoms with Gasteiger partial charge in [-0.05, 0) is 13.8 Å². The summed E-state index contributed by atoms with van der Waals surface area (Å²) in [5.74, 6) is -1.71. The molecule has 0 spiro atoms. The number of carboxylic acids is 1. The maximum Gasteiger partial charge on any atom is 0.321 e. The van der Waals surface area contributed by atoms with Crippen LogP contribution >= 0.6 is 0 Å². The molecule has 7 nitrogen and oxygen atoms in total. The Bertz CT molecular complexity index is 301. The molecule has 0 bridgehead atoms. The molecule has 0 radical (unpaired) electrons. The summed E-state index contributed by atoms with van der Waals surface area (Å²) in [5.41, 5.74) is -0.526. The maximum atomic E-state index is 11.2. The van der Waals surface area contributed by atoms with Gasteiger partial charge in [-0.3, -0.25) is 14.9 Å². The first kappa shape index (κ1) is 15.4. The van der Waals surface area contributed by atoms with E-state index in [4.69, 9.17) is 9.84 Å². The van der Waals surface area contributed by atoms with Crippen LogP contribution in [0.1, 0.15) is 26.7 Å². The highest BCUT2D eigenvalue weighted by Crippen LogP contribution is 2.04. The van der Waals surface area contributed by atoms with Gasteiger partial charge in [0.15, 0.2) is 0 Å². The van der Waals surface area contributed by atoms with Gasteiger partial charge in [0, 0.05) is 20.1 Å². The highest BCUT2D eigenvalue weighted by Gasteiger charge is 2.18. The first-order chi connectivity index (χ1) is 7.76. The quantitative estimate of drug-likeness (QED) is 0.616. The second kappa shape index (κ2) is 6.85. The van der Waals surface area contributed by atoms with Crippen LogP contribution in [0.15, 0.2) is 0 Å². The van der Waals surface area contributed by atoms with Gasteiger partial charge in [-0.15, -0.1) is 0 Å². The summed E-state index contributed by atoms with van der Waals surface area (Å²) in [5, 5.41) is 12.8. The Morgan fingerprint density at radius 3 is 2.29 bits per heavy atom. The van der Waals surface area contributed by atoms with E-state index in [0.717, 1.165) is 0 Å². The van der Waals surface area contributed by atoms with Gasteiger partial charge in [0.2, 0.25) is 5.91 Å². The van der Waals surface area contributed by atoms with Gasteiger partial charge in [0.25, 0.3) is 0 Å². The fourth-order valence-corrected chi connectivity index (χ4v) is 0.819. The normalized spacial score (nSPS) is 10.8. The highest BCUT2D eigenvalue weighted by molar-refractivity contribution is 5.95. The summed E-state index contributed by atoms with van der Waals surface area (Å²) in [6, 6.07) is -0.662. The maximum absolute atomic E-state index is 11.2. The first-order valence-electron chi connectivity index (χ1n) is 5.11. The minimum absolute atomic E-state index is 0.226. The molecule has 17 heavy (non-hydrogen) atoms. The lowest BCUT2D eigenvalue weighted by molar-refractivity contribution is -0.138. The minimum Gasteiger partial charge on any atom is -0.481 e. The summed E-state index contributed by atoms with van der Waals surface area (Å²) in [7, 11) is 1.51. The van der Waals surface area contributed by atoms with Crippen molar-refractivity contribution in [2.75, 3.05) is 13.7 Å². The minimum atomic E-state index is -1.08. The molecule has 0 heterocycles. The zero-order chi connectivity index (χ0) is 13.5. The molecule has 7 heteroatoms. The second-order valence-corrected chi connectivity index (χ2v) is 4.09. The van der Waals surface area contributed by atoms with Gasteiger partial charge in [-0.25, -0.2) is 4.79 Å². The number of amides is 3. The lowest BCUT2D eigenvalue weighted by Gasteiger charge is -2.22. The Kier molecular flexibility index (Phi) is 6.19. The molecular formula is C10H18N2O5. The topological polar surface area (TPSA) is 105 Å². The van der Waals surface area contributed by atoms with E-state index in [9.17, 15) is 14.4 Å². The molecule has 0 aromatic heterocycles. The Labute approximate surface area is 99.5 Å². The van der Waals surface area contributed by atoms with Crippen LogP contribution in [0.5, 0.6) is 0 Å². The fourth-order valence-electron chi connectivity index (χ4n) is 0.819. The summed E-state index contributed by atoms with van der Waals surface area (Å²) >= 11 is 0. The van der Waals surface area contributed by atoms with Crippen molar-refractivity contribution in [3.8, 4) is 0 Å². The predicted octanol–water partition coefficient (Wildman–Crippen LogP) is 0.102. The molecule has 0 atom stereocenters. The number of hydrogen-bond donors (Lipinski definition) is 3. The Hall–Kier alpha value is -1.63. The van der Waals surface area contributed by atoms with E-state index in [1.807, 2.05) is 5.32 Å². The van der Waals surface area contributed by atoms with Crippen LogP contribution in [0.25, 0.3) is 0 Å².